The predicted octanol–water partition coefficient (Wildman–Crippen LogP) is 9.97. The highest BCUT2D eigenvalue weighted by Gasteiger charge is 2.23. The number of hydrogen-bond donors (Lipinski definition) is 1. The highest BCUT2D eigenvalue weighted by Crippen LogP contribution is 2.32. The van der Waals surface area contributed by atoms with Gasteiger partial charge in [-0.2, -0.15) is 0 Å². The third-order valence-electron chi connectivity index (χ3n) is 7.51. The molecule has 36 heavy (non-hydrogen) atoms. The van der Waals surface area contributed by atoms with Crippen molar-refractivity contribution in [3.63, 3.8) is 0 Å². The van der Waals surface area contributed by atoms with E-state index in [9.17, 15) is 0 Å². The summed E-state index contributed by atoms with van der Waals surface area (Å²) in [4.78, 5) is 1.12. The molecule has 0 saturated heterocycles. The molecular formula is C34H53NS. The van der Waals surface area contributed by atoms with Gasteiger partial charge in [-0.25, -0.2) is 0 Å². The second-order valence-electron chi connectivity index (χ2n) is 11.8. The number of benzene rings is 1. The second kappa shape index (κ2) is 15.4. The molecule has 1 nitrogen and oxygen atoms in total. The van der Waals surface area contributed by atoms with Gasteiger partial charge in [0.1, 0.15) is 0 Å². The molecule has 0 heterocycles. The Labute approximate surface area is 229 Å². The van der Waals surface area contributed by atoms with Crippen molar-refractivity contribution in [2.75, 3.05) is 0 Å². The number of rotatable bonds is 14. The molecule has 0 aliphatic carbocycles. The number of nitrogens with two attached hydrogens (primary N) is 1. The first-order valence-electron chi connectivity index (χ1n) is 14.0. The van der Waals surface area contributed by atoms with E-state index in [1.807, 2.05) is 0 Å². The van der Waals surface area contributed by atoms with E-state index in [1.165, 1.54) is 27.8 Å². The maximum absolute atomic E-state index is 6.32. The van der Waals surface area contributed by atoms with E-state index < -0.39 is 0 Å². The lowest BCUT2D eigenvalue weighted by Crippen LogP contribution is -2.21. The van der Waals surface area contributed by atoms with Crippen molar-refractivity contribution >= 4 is 17.1 Å². The lowest BCUT2D eigenvalue weighted by Gasteiger charge is -2.28. The normalized spacial score (nSPS) is 15.5. The van der Waals surface area contributed by atoms with Gasteiger partial charge in [-0.15, -0.1) is 0 Å². The van der Waals surface area contributed by atoms with Crippen molar-refractivity contribution in [3.8, 4) is 0 Å². The van der Waals surface area contributed by atoms with Crippen LogP contribution < -0.4 is 5.73 Å². The lowest BCUT2D eigenvalue weighted by molar-refractivity contribution is 0.311. The molecule has 0 aliphatic heterocycles. The molecule has 200 valence electrons. The minimum Gasteiger partial charge on any atom is -0.399 e. The molecular weight excluding hydrogens is 454 g/mol. The molecule has 2 unspecified atom stereocenters. The van der Waals surface area contributed by atoms with Crippen LogP contribution in [0, 0.1) is 23.2 Å². The molecule has 0 bridgehead atoms. The van der Waals surface area contributed by atoms with Crippen molar-refractivity contribution in [3.05, 3.63) is 82.6 Å². The first-order chi connectivity index (χ1) is 16.8. The summed E-state index contributed by atoms with van der Waals surface area (Å²) >= 11 is 6.00. The standard InChI is InChI=1S/C34H53NS/c1-11-15-27(12-2)22-30(32(35)13-3)19-18-28-16-14-17-29(21-28)23-33(36)26(7)31(24(4)5)20-25(6)34(8,9)10/h13-14,16-17,20-22,24-26H,3,11-12,15,18-19,23,35H2,1-2,4-10H3/b27-22-,31-20+,32-30+. The summed E-state index contributed by atoms with van der Waals surface area (Å²) in [6.07, 6.45) is 12.6. The van der Waals surface area contributed by atoms with Crippen LogP contribution in [0.3, 0.4) is 0 Å². The molecule has 0 amide bonds. The molecule has 2 atom stereocenters. The molecule has 0 spiro atoms. The number of thiocarbonyl (C=S) groups is 1. The summed E-state index contributed by atoms with van der Waals surface area (Å²) in [5, 5.41) is 0. The first kappa shape index (κ1) is 32.1. The van der Waals surface area contributed by atoms with Crippen LogP contribution in [0.5, 0.6) is 0 Å². The van der Waals surface area contributed by atoms with Crippen LogP contribution in [-0.2, 0) is 12.8 Å². The van der Waals surface area contributed by atoms with Gasteiger partial charge >= 0.3 is 0 Å². The van der Waals surface area contributed by atoms with Gasteiger partial charge in [-0.3, -0.25) is 0 Å². The second-order valence-corrected chi connectivity index (χ2v) is 12.3. The van der Waals surface area contributed by atoms with Gasteiger partial charge < -0.3 is 5.73 Å². The van der Waals surface area contributed by atoms with Crippen molar-refractivity contribution in [2.45, 2.75) is 101 Å². The van der Waals surface area contributed by atoms with Crippen LogP contribution in [-0.4, -0.2) is 4.86 Å². The summed E-state index contributed by atoms with van der Waals surface area (Å²) < 4.78 is 0. The van der Waals surface area contributed by atoms with Crippen LogP contribution in [0.15, 0.2) is 71.5 Å². The minimum absolute atomic E-state index is 0.252. The van der Waals surface area contributed by atoms with Crippen LogP contribution in [0.2, 0.25) is 0 Å². The summed E-state index contributed by atoms with van der Waals surface area (Å²) in [5.74, 6) is 1.29. The summed E-state index contributed by atoms with van der Waals surface area (Å²) in [7, 11) is 0. The number of allylic oxidation sites excluding steroid dienone is 6. The zero-order valence-corrected chi connectivity index (χ0v) is 25.5. The maximum atomic E-state index is 6.32. The van der Waals surface area contributed by atoms with Crippen LogP contribution >= 0.6 is 12.2 Å². The van der Waals surface area contributed by atoms with Crippen LogP contribution in [0.4, 0.5) is 0 Å². The third kappa shape index (κ3) is 10.6. The molecule has 0 fully saturated rings. The van der Waals surface area contributed by atoms with E-state index >= 15 is 0 Å². The number of hydrogen-bond acceptors (Lipinski definition) is 2. The Kier molecular flexibility index (Phi) is 13.7. The highest BCUT2D eigenvalue weighted by atomic mass is 32.1. The van der Waals surface area contributed by atoms with Crippen LogP contribution in [0.25, 0.3) is 0 Å². The third-order valence-corrected chi connectivity index (χ3v) is 8.00. The Morgan fingerprint density at radius 1 is 1.06 bits per heavy atom. The molecule has 0 saturated carbocycles. The molecule has 1 aromatic carbocycles. The fraction of sp³-hybridized carbons (Fsp3) is 0.559. The Morgan fingerprint density at radius 3 is 2.22 bits per heavy atom. The van der Waals surface area contributed by atoms with Gasteiger partial charge in [0.15, 0.2) is 0 Å². The van der Waals surface area contributed by atoms with Gasteiger partial charge in [-0.1, -0.05) is 135 Å². The SMILES string of the molecule is C=C/C(N)=C(\C=C(\CC)CCC)CCc1cccc(CC(=S)C(C)/C(=C/C(C)C(C)(C)C)C(C)C)c1. The molecule has 1 rings (SSSR count). The molecule has 2 N–H and O–H groups in total. The van der Waals surface area contributed by atoms with Gasteiger partial charge in [0.05, 0.1) is 0 Å². The fourth-order valence-electron chi connectivity index (χ4n) is 4.44. The van der Waals surface area contributed by atoms with Crippen molar-refractivity contribution in [1.82, 2.24) is 0 Å². The monoisotopic (exact) mass is 507 g/mol. The predicted molar refractivity (Wildman–Crippen MR) is 166 cm³/mol. The summed E-state index contributed by atoms with van der Waals surface area (Å²) in [6, 6.07) is 8.93. The molecule has 0 aliphatic rings. The van der Waals surface area contributed by atoms with E-state index in [0.717, 1.165) is 49.1 Å². The topological polar surface area (TPSA) is 26.0 Å². The van der Waals surface area contributed by atoms with E-state index in [2.05, 4.69) is 105 Å². The van der Waals surface area contributed by atoms with Crippen molar-refractivity contribution < 1.29 is 0 Å². The Balaban J connectivity index is 3.03. The van der Waals surface area contributed by atoms with E-state index in [1.54, 1.807) is 6.08 Å². The molecule has 2 heteroatoms. The Hall–Kier alpha value is -1.93. The van der Waals surface area contributed by atoms with E-state index in [0.29, 0.717) is 17.8 Å². The lowest BCUT2D eigenvalue weighted by atomic mass is 9.77. The zero-order chi connectivity index (χ0) is 27.5. The average Bonchev–Trinajstić information content (AvgIpc) is 2.82. The first-order valence-corrected chi connectivity index (χ1v) is 14.4. The molecule has 1 aromatic rings. The van der Waals surface area contributed by atoms with Gasteiger partial charge in [-0.05, 0) is 65.7 Å². The molecule has 0 aromatic heterocycles. The molecule has 0 radical (unpaired) electrons. The fourth-order valence-corrected chi connectivity index (χ4v) is 4.74. The highest BCUT2D eigenvalue weighted by molar-refractivity contribution is 7.80. The number of aryl methyl sites for hydroxylation is 1. The van der Waals surface area contributed by atoms with Crippen LogP contribution in [0.1, 0.15) is 99.1 Å². The average molecular weight is 508 g/mol. The maximum Gasteiger partial charge on any atom is 0.0340 e. The Bertz CT molecular complexity index is 952. The zero-order valence-electron chi connectivity index (χ0n) is 24.7. The van der Waals surface area contributed by atoms with Gasteiger partial charge in [0.25, 0.3) is 0 Å². The smallest absolute Gasteiger partial charge is 0.0340 e. The Morgan fingerprint density at radius 2 is 1.69 bits per heavy atom. The summed E-state index contributed by atoms with van der Waals surface area (Å²) in [6.45, 7) is 24.5. The largest absolute Gasteiger partial charge is 0.399 e. The van der Waals surface area contributed by atoms with E-state index in [-0.39, 0.29) is 5.41 Å². The quantitative estimate of drug-likeness (QED) is 0.154. The summed E-state index contributed by atoms with van der Waals surface area (Å²) in [5.41, 5.74) is 14.1. The van der Waals surface area contributed by atoms with Crippen molar-refractivity contribution in [1.29, 1.82) is 0 Å². The van der Waals surface area contributed by atoms with Crippen molar-refractivity contribution in [2.24, 2.45) is 28.9 Å². The van der Waals surface area contributed by atoms with Gasteiger partial charge in [0, 0.05) is 22.9 Å². The van der Waals surface area contributed by atoms with E-state index in [4.69, 9.17) is 18.0 Å². The minimum atomic E-state index is 0.252. The van der Waals surface area contributed by atoms with Gasteiger partial charge in [0.2, 0.25) is 0 Å².